The van der Waals surface area contributed by atoms with Gasteiger partial charge in [-0.1, -0.05) is 0 Å². The summed E-state index contributed by atoms with van der Waals surface area (Å²) in [5.74, 6) is 0. The standard InChI is InChI=1S/4C3H7.CH2O.O.Ti/c4*1-3-2;1-2;;/h4*3H,1-2H3;1H2;;. The Balaban J connectivity index is 0. The Labute approximate surface area is 102 Å². The van der Waals surface area contributed by atoms with Crippen molar-refractivity contribution in [3.05, 3.63) is 0 Å². The normalized spacial score (nSPS) is 13.3. The third-order valence-electron chi connectivity index (χ3n) is 4.94. The van der Waals surface area contributed by atoms with E-state index in [0.717, 1.165) is 0 Å². The maximum atomic E-state index is 13.7. The Kier molecular flexibility index (Phi) is 7.20. The predicted molar refractivity (Wildman–Crippen MR) is 68.2 cm³/mol. The van der Waals surface area contributed by atoms with Crippen LogP contribution in [0.25, 0.3) is 0 Å². The molecule has 0 aromatic heterocycles. The maximum absolute atomic E-state index is 13.7. The summed E-state index contributed by atoms with van der Waals surface area (Å²) in [6, 6.07) is 0. The van der Waals surface area contributed by atoms with Gasteiger partial charge in [-0.3, -0.25) is 0 Å². The van der Waals surface area contributed by atoms with Gasteiger partial charge in [0.05, 0.1) is 0 Å². The molecule has 0 saturated carbocycles. The van der Waals surface area contributed by atoms with Gasteiger partial charge in [0.2, 0.25) is 0 Å². The summed E-state index contributed by atoms with van der Waals surface area (Å²) < 4.78 is 15.1. The molecule has 0 aliphatic heterocycles. The molecule has 3 heteroatoms. The second-order valence-corrected chi connectivity index (χ2v) is 17.9. The molecule has 0 spiro atoms. The number of carbonyl (C=O) groups is 1. The number of hydrogen-bond acceptors (Lipinski definition) is 2. The fraction of sp³-hybridized carbons (Fsp3) is 0.923. The fourth-order valence-corrected chi connectivity index (χ4v) is 16.5. The number of rotatable bonds is 4. The molecule has 16 heavy (non-hydrogen) atoms. The van der Waals surface area contributed by atoms with Crippen molar-refractivity contribution < 1.29 is 23.4 Å². The van der Waals surface area contributed by atoms with Gasteiger partial charge in [-0.25, -0.2) is 0 Å². The van der Waals surface area contributed by atoms with Gasteiger partial charge in [-0.2, -0.15) is 0 Å². The van der Waals surface area contributed by atoms with E-state index in [9.17, 15) is 3.32 Å². The molecule has 0 aromatic rings. The Bertz CT molecular complexity index is 212. The van der Waals surface area contributed by atoms with Crippen molar-refractivity contribution in [1.29, 1.82) is 0 Å². The van der Waals surface area contributed by atoms with Crippen molar-refractivity contribution in [2.24, 2.45) is 0 Å². The summed E-state index contributed by atoms with van der Waals surface area (Å²) in [4.78, 5) is 8.00. The van der Waals surface area contributed by atoms with Crippen molar-refractivity contribution in [2.45, 2.75) is 72.3 Å². The van der Waals surface area contributed by atoms with Crippen LogP contribution in [0.5, 0.6) is 0 Å². The van der Waals surface area contributed by atoms with E-state index in [0.29, 0.717) is 16.9 Å². The van der Waals surface area contributed by atoms with E-state index in [-0.39, 0.29) is 0 Å². The molecule has 0 heterocycles. The van der Waals surface area contributed by atoms with Crippen LogP contribution in [0, 0.1) is 0 Å². The Morgan fingerprint density at radius 2 is 0.750 bits per heavy atom. The van der Waals surface area contributed by atoms with E-state index in [1.54, 1.807) is 0 Å². The van der Waals surface area contributed by atoms with E-state index in [1.165, 1.54) is 0 Å². The van der Waals surface area contributed by atoms with Gasteiger partial charge in [0.15, 0.2) is 0 Å². The molecule has 0 saturated heterocycles. The number of hydrogen-bond donors (Lipinski definition) is 0. The molecule has 0 rings (SSSR count). The van der Waals surface area contributed by atoms with Crippen LogP contribution in [0.4, 0.5) is 0 Å². The van der Waals surface area contributed by atoms with Crippen molar-refractivity contribution >= 4 is 6.79 Å². The quantitative estimate of drug-likeness (QED) is 0.659. The van der Waals surface area contributed by atoms with Crippen LogP contribution < -0.4 is 0 Å². The molecule has 0 atom stereocenters. The van der Waals surface area contributed by atoms with E-state index in [1.807, 2.05) is 6.79 Å². The third-order valence-corrected chi connectivity index (χ3v) is 20.4. The van der Waals surface area contributed by atoms with E-state index >= 15 is 0 Å². The molecule has 0 aromatic carbocycles. The summed E-state index contributed by atoms with van der Waals surface area (Å²) in [5.41, 5.74) is 0. The Hall–Kier alpha value is 0.184. The van der Waals surface area contributed by atoms with Crippen molar-refractivity contribution in [3.8, 4) is 0 Å². The van der Waals surface area contributed by atoms with Crippen LogP contribution >= 0.6 is 0 Å². The minimum absolute atomic E-state index is 0.354. The molecule has 0 bridgehead atoms. The summed E-state index contributed by atoms with van der Waals surface area (Å²) >= 11 is -3.61. The van der Waals surface area contributed by atoms with Gasteiger partial charge in [-0.05, 0) is 0 Å². The zero-order chi connectivity index (χ0) is 13.8. The first-order chi connectivity index (χ1) is 7.10. The zero-order valence-corrected chi connectivity index (χ0v) is 13.9. The van der Waals surface area contributed by atoms with Gasteiger partial charge >= 0.3 is 90.9 Å². The minimum atomic E-state index is -3.61. The van der Waals surface area contributed by atoms with Crippen LogP contribution in [-0.4, -0.2) is 6.79 Å². The van der Waals surface area contributed by atoms with Gasteiger partial charge < -0.3 is 4.79 Å². The molecular weight excluding hydrogens is 236 g/mol. The van der Waals surface area contributed by atoms with Crippen molar-refractivity contribution in [3.63, 3.8) is 0 Å². The van der Waals surface area contributed by atoms with Crippen LogP contribution in [0.3, 0.4) is 0 Å². The summed E-state index contributed by atoms with van der Waals surface area (Å²) in [6.45, 7) is 19.3. The molecule has 0 amide bonds. The fourth-order valence-electron chi connectivity index (χ4n) is 4.00. The molecule has 98 valence electrons. The van der Waals surface area contributed by atoms with Gasteiger partial charge in [0, 0.05) is 0 Å². The van der Waals surface area contributed by atoms with Gasteiger partial charge in [0.25, 0.3) is 0 Å². The van der Waals surface area contributed by atoms with Crippen molar-refractivity contribution in [2.75, 3.05) is 0 Å². The molecule has 2 nitrogen and oxygen atoms in total. The SMILES string of the molecule is C=O.C[CH](C)[Ti](=[O])([CH](C)C)([CH](C)C)[CH](C)C. The zero-order valence-electron chi connectivity index (χ0n) is 12.3. The Morgan fingerprint density at radius 3 is 0.750 bits per heavy atom. The second-order valence-electron chi connectivity index (χ2n) is 6.09. The first kappa shape index (κ1) is 18.5. The first-order valence-electron chi connectivity index (χ1n) is 6.27. The summed E-state index contributed by atoms with van der Waals surface area (Å²) in [5, 5.41) is 0. The summed E-state index contributed by atoms with van der Waals surface area (Å²) in [7, 11) is 0. The van der Waals surface area contributed by atoms with Gasteiger partial charge in [-0.15, -0.1) is 0 Å². The van der Waals surface area contributed by atoms with Crippen LogP contribution in [0.2, 0.25) is 16.9 Å². The van der Waals surface area contributed by atoms with Crippen LogP contribution in [0.15, 0.2) is 0 Å². The molecule has 0 aliphatic rings. The first-order valence-corrected chi connectivity index (χ1v) is 10.5. The average molecular weight is 266 g/mol. The molecule has 0 fully saturated rings. The summed E-state index contributed by atoms with van der Waals surface area (Å²) in [6.07, 6.45) is 0. The monoisotopic (exact) mass is 266 g/mol. The topological polar surface area (TPSA) is 34.1 Å². The van der Waals surface area contributed by atoms with E-state index < -0.39 is 15.3 Å². The predicted octanol–water partition coefficient (Wildman–Crippen LogP) is 5.15. The van der Waals surface area contributed by atoms with Gasteiger partial charge in [0.1, 0.15) is 6.79 Å². The second kappa shape index (κ2) is 6.21. The average Bonchev–Trinajstić information content (AvgIpc) is 2.18. The molecular formula is C13H30O2Ti. The van der Waals surface area contributed by atoms with E-state index in [2.05, 4.69) is 55.4 Å². The number of carbonyl (C=O) groups excluding carboxylic acids is 1. The third kappa shape index (κ3) is 2.38. The van der Waals surface area contributed by atoms with Crippen molar-refractivity contribution in [1.82, 2.24) is 0 Å². The molecule has 0 radical (unpaired) electrons. The molecule has 0 aliphatic carbocycles. The molecule has 0 unspecified atom stereocenters. The Morgan fingerprint density at radius 1 is 0.625 bits per heavy atom. The van der Waals surface area contributed by atoms with Crippen LogP contribution in [-0.2, 0) is 23.4 Å². The van der Waals surface area contributed by atoms with E-state index in [4.69, 9.17) is 4.79 Å². The van der Waals surface area contributed by atoms with Crippen LogP contribution in [0.1, 0.15) is 55.4 Å². The molecule has 0 N–H and O–H groups in total.